The third-order valence-electron chi connectivity index (χ3n) is 5.12. The van der Waals surface area contributed by atoms with E-state index in [0.717, 1.165) is 23.4 Å². The lowest BCUT2D eigenvalue weighted by atomic mass is 10.0. The van der Waals surface area contributed by atoms with E-state index in [1.165, 1.54) is 12.3 Å². The molecule has 4 aromatic rings. The van der Waals surface area contributed by atoms with Gasteiger partial charge in [0.05, 0.1) is 28.3 Å². The zero-order chi connectivity index (χ0) is 26.0. The summed E-state index contributed by atoms with van der Waals surface area (Å²) in [4.78, 5) is 16.3. The number of sulfonamides is 1. The van der Waals surface area contributed by atoms with Gasteiger partial charge in [-0.15, -0.1) is 0 Å². The van der Waals surface area contributed by atoms with Crippen molar-refractivity contribution in [1.82, 2.24) is 19.9 Å². The minimum atomic E-state index is -4.35. The van der Waals surface area contributed by atoms with Crippen LogP contribution in [-0.4, -0.2) is 28.4 Å². The van der Waals surface area contributed by atoms with Crippen LogP contribution in [0.5, 0.6) is 0 Å². The van der Waals surface area contributed by atoms with E-state index in [1.807, 2.05) is 13.0 Å². The summed E-state index contributed by atoms with van der Waals surface area (Å²) in [5.41, 5.74) is 9.87. The van der Waals surface area contributed by atoms with Crippen molar-refractivity contribution in [2.45, 2.75) is 25.7 Å². The smallest absolute Gasteiger partial charge is 0.264 e. The molecule has 0 fully saturated rings. The lowest BCUT2D eigenvalue weighted by molar-refractivity contribution is 0.551. The minimum absolute atomic E-state index is 0.0979. The van der Waals surface area contributed by atoms with Crippen molar-refractivity contribution >= 4 is 21.7 Å². The molecule has 4 rings (SSSR count). The monoisotopic (exact) mass is 506 g/mol. The van der Waals surface area contributed by atoms with Gasteiger partial charge in [-0.25, -0.2) is 27.2 Å². The van der Waals surface area contributed by atoms with E-state index in [0.29, 0.717) is 34.3 Å². The summed E-state index contributed by atoms with van der Waals surface area (Å²) >= 11 is 0. The van der Waals surface area contributed by atoms with Crippen molar-refractivity contribution in [1.29, 1.82) is 0 Å². The van der Waals surface area contributed by atoms with Crippen LogP contribution in [0.4, 0.5) is 20.4 Å². The molecular weight excluding hydrogens is 486 g/mol. The van der Waals surface area contributed by atoms with E-state index < -0.39 is 26.6 Å². The largest absolute Gasteiger partial charge is 0.368 e. The topological polar surface area (TPSA) is 124 Å². The normalized spacial score (nSPS) is 11.0. The highest BCUT2D eigenvalue weighted by atomic mass is 32.2. The van der Waals surface area contributed by atoms with Gasteiger partial charge in [0, 0.05) is 35.3 Å². The Morgan fingerprint density at radius 3 is 2.44 bits per heavy atom. The van der Waals surface area contributed by atoms with Crippen molar-refractivity contribution in [3.8, 4) is 23.1 Å². The second-order valence-corrected chi connectivity index (χ2v) is 9.51. The second-order valence-electron chi connectivity index (χ2n) is 7.86. The average Bonchev–Trinajstić information content (AvgIpc) is 2.79. The fourth-order valence-corrected chi connectivity index (χ4v) is 4.55. The van der Waals surface area contributed by atoms with Crippen molar-refractivity contribution in [2.24, 2.45) is 0 Å². The lowest BCUT2D eigenvalue weighted by Crippen LogP contribution is -2.16. The maximum absolute atomic E-state index is 14.1. The van der Waals surface area contributed by atoms with Crippen LogP contribution < -0.4 is 10.5 Å². The first-order valence-corrected chi connectivity index (χ1v) is 12.1. The van der Waals surface area contributed by atoms with Crippen molar-refractivity contribution in [3.63, 3.8) is 0 Å². The Morgan fingerprint density at radius 2 is 1.72 bits per heavy atom. The molecule has 8 nitrogen and oxygen atoms in total. The highest BCUT2D eigenvalue weighted by Gasteiger charge is 2.21. The summed E-state index contributed by atoms with van der Waals surface area (Å²) in [7, 11) is -4.35. The number of nitrogens with two attached hydrogens (primary N) is 1. The molecule has 11 heteroatoms. The van der Waals surface area contributed by atoms with E-state index >= 15 is 0 Å². The standard InChI is InChI=1S/C25H20F2N6O2S/c1-14-10-18(8-9-29-14)24-20(15(2)31-25(28)32-24)6-4-17-11-22(16(3)30-13-17)33-36(34,35)23-7-5-19(26)12-21(23)27/h5,7-13,33H,1-3H3,(H2,28,31,32). The maximum atomic E-state index is 14.1. The molecule has 36 heavy (non-hydrogen) atoms. The number of pyridine rings is 2. The first kappa shape index (κ1) is 24.7. The molecule has 182 valence electrons. The number of nitrogens with one attached hydrogen (secondary N) is 1. The van der Waals surface area contributed by atoms with Crippen LogP contribution in [0, 0.1) is 44.2 Å². The molecule has 3 heterocycles. The van der Waals surface area contributed by atoms with E-state index in [4.69, 9.17) is 5.73 Å². The maximum Gasteiger partial charge on any atom is 0.264 e. The molecule has 0 saturated carbocycles. The zero-order valence-corrected chi connectivity index (χ0v) is 20.3. The summed E-state index contributed by atoms with van der Waals surface area (Å²) in [6.07, 6.45) is 3.13. The Bertz CT molecular complexity index is 1660. The first-order valence-electron chi connectivity index (χ1n) is 10.6. The van der Waals surface area contributed by atoms with E-state index in [1.54, 1.807) is 26.1 Å². The van der Waals surface area contributed by atoms with Crippen LogP contribution in [0.1, 0.15) is 28.2 Å². The molecule has 0 spiro atoms. The van der Waals surface area contributed by atoms with E-state index in [9.17, 15) is 17.2 Å². The molecule has 0 aliphatic heterocycles. The molecule has 0 saturated heterocycles. The van der Waals surface area contributed by atoms with Crippen molar-refractivity contribution < 1.29 is 17.2 Å². The van der Waals surface area contributed by atoms with Gasteiger partial charge in [-0.1, -0.05) is 11.8 Å². The van der Waals surface area contributed by atoms with E-state index in [-0.39, 0.29) is 11.6 Å². The fraction of sp³-hybridized carbons (Fsp3) is 0.120. The summed E-state index contributed by atoms with van der Waals surface area (Å²) in [5, 5.41) is 0. The van der Waals surface area contributed by atoms with Crippen LogP contribution in [0.2, 0.25) is 0 Å². The Morgan fingerprint density at radius 1 is 0.944 bits per heavy atom. The number of halogens is 2. The molecule has 0 unspecified atom stereocenters. The number of hydrogen-bond donors (Lipinski definition) is 2. The molecule has 3 N–H and O–H groups in total. The zero-order valence-electron chi connectivity index (χ0n) is 19.5. The number of nitrogen functional groups attached to an aromatic ring is 1. The van der Waals surface area contributed by atoms with Gasteiger partial charge in [-0.3, -0.25) is 14.7 Å². The van der Waals surface area contributed by atoms with Gasteiger partial charge >= 0.3 is 0 Å². The Hall–Kier alpha value is -4.43. The van der Waals surface area contributed by atoms with Crippen LogP contribution >= 0.6 is 0 Å². The third-order valence-corrected chi connectivity index (χ3v) is 6.52. The molecule has 0 atom stereocenters. The third kappa shape index (κ3) is 5.29. The molecular formula is C25H20F2N6O2S. The van der Waals surface area contributed by atoms with Gasteiger partial charge < -0.3 is 5.73 Å². The number of hydrogen-bond acceptors (Lipinski definition) is 7. The number of aromatic nitrogens is 4. The van der Waals surface area contributed by atoms with Crippen molar-refractivity contribution in [3.05, 3.63) is 88.6 Å². The Balaban J connectivity index is 1.72. The highest BCUT2D eigenvalue weighted by molar-refractivity contribution is 7.92. The molecule has 3 aromatic heterocycles. The highest BCUT2D eigenvalue weighted by Crippen LogP contribution is 2.25. The summed E-state index contributed by atoms with van der Waals surface area (Å²) < 4.78 is 55.0. The van der Waals surface area contributed by atoms with Gasteiger partial charge in [0.15, 0.2) is 0 Å². The second kappa shape index (κ2) is 9.67. The fourth-order valence-electron chi connectivity index (χ4n) is 3.38. The Kier molecular flexibility index (Phi) is 6.63. The number of nitrogens with zero attached hydrogens (tertiary/aromatic N) is 4. The van der Waals surface area contributed by atoms with Crippen LogP contribution in [0.25, 0.3) is 11.3 Å². The predicted octanol–water partition coefficient (Wildman–Crippen LogP) is 3.92. The summed E-state index contributed by atoms with van der Waals surface area (Å²) in [6, 6.07) is 7.32. The van der Waals surface area contributed by atoms with Gasteiger partial charge in [0.1, 0.15) is 16.5 Å². The SMILES string of the molecule is Cc1cc(-c2nc(N)nc(C)c2C#Cc2cnc(C)c(NS(=O)(=O)c3ccc(F)cc3F)c2)ccn1. The number of aryl methyl sites for hydroxylation is 3. The summed E-state index contributed by atoms with van der Waals surface area (Å²) in [5.74, 6) is 3.99. The first-order chi connectivity index (χ1) is 17.0. The summed E-state index contributed by atoms with van der Waals surface area (Å²) in [6.45, 7) is 5.19. The number of rotatable bonds is 4. The van der Waals surface area contributed by atoms with Crippen LogP contribution in [-0.2, 0) is 10.0 Å². The van der Waals surface area contributed by atoms with Gasteiger partial charge in [0.25, 0.3) is 10.0 Å². The predicted molar refractivity (Wildman–Crippen MR) is 131 cm³/mol. The molecule has 1 aromatic carbocycles. The van der Waals surface area contributed by atoms with Crippen LogP contribution in [0.3, 0.4) is 0 Å². The number of anilines is 2. The lowest BCUT2D eigenvalue weighted by Gasteiger charge is -2.11. The Labute approximate surface area is 206 Å². The quantitative estimate of drug-likeness (QED) is 0.402. The molecule has 0 amide bonds. The number of benzene rings is 1. The molecule has 0 aliphatic carbocycles. The molecule has 0 radical (unpaired) electrons. The van der Waals surface area contributed by atoms with Crippen molar-refractivity contribution in [2.75, 3.05) is 10.5 Å². The molecule has 0 aliphatic rings. The van der Waals surface area contributed by atoms with Crippen LogP contribution in [0.15, 0.2) is 53.7 Å². The average molecular weight is 507 g/mol. The van der Waals surface area contributed by atoms with Gasteiger partial charge in [0.2, 0.25) is 5.95 Å². The van der Waals surface area contributed by atoms with Gasteiger partial charge in [-0.05, 0) is 51.1 Å². The minimum Gasteiger partial charge on any atom is -0.368 e. The van der Waals surface area contributed by atoms with Gasteiger partial charge in [-0.2, -0.15) is 0 Å². The van der Waals surface area contributed by atoms with E-state index in [2.05, 4.69) is 36.5 Å². The molecule has 0 bridgehead atoms.